The van der Waals surface area contributed by atoms with E-state index in [4.69, 9.17) is 0 Å². The molecule has 3 N–H and O–H groups in total. The maximum Gasteiger partial charge on any atom is 0.416 e. The van der Waals surface area contributed by atoms with Gasteiger partial charge in [0.2, 0.25) is 0 Å². The highest BCUT2D eigenvalue weighted by atomic mass is 32.1. The molecule has 2 heterocycles. The second-order valence-corrected chi connectivity index (χ2v) is 12.7. The Bertz CT molecular complexity index is 1680. The molecule has 1 fully saturated rings. The van der Waals surface area contributed by atoms with E-state index in [2.05, 4.69) is 15.6 Å². The number of aliphatic hydroxyl groups is 1. The van der Waals surface area contributed by atoms with Gasteiger partial charge in [0.05, 0.1) is 29.8 Å². The summed E-state index contributed by atoms with van der Waals surface area (Å²) in [7, 11) is 0. The number of thiazole rings is 1. The highest BCUT2D eigenvalue weighted by Crippen LogP contribution is 2.35. The lowest BCUT2D eigenvalue weighted by Gasteiger charge is -2.30. The second kappa shape index (κ2) is 14.1. The lowest BCUT2D eigenvalue weighted by Crippen LogP contribution is -2.47. The predicted molar refractivity (Wildman–Crippen MR) is 171 cm³/mol. The fourth-order valence-electron chi connectivity index (χ4n) is 5.84. The molecule has 11 heteroatoms. The maximum atomic E-state index is 13.7. The van der Waals surface area contributed by atoms with Gasteiger partial charge in [-0.2, -0.15) is 13.2 Å². The van der Waals surface area contributed by atoms with Gasteiger partial charge in [0.1, 0.15) is 5.01 Å². The summed E-state index contributed by atoms with van der Waals surface area (Å²) in [6.45, 7) is 6.08. The van der Waals surface area contributed by atoms with E-state index in [-0.39, 0.29) is 24.1 Å². The van der Waals surface area contributed by atoms with Gasteiger partial charge in [-0.05, 0) is 74.6 Å². The molecule has 1 aliphatic heterocycles. The molecule has 1 saturated heterocycles. The first-order valence-corrected chi connectivity index (χ1v) is 16.1. The van der Waals surface area contributed by atoms with Crippen molar-refractivity contribution < 1.29 is 27.9 Å². The van der Waals surface area contributed by atoms with Crippen molar-refractivity contribution in [3.63, 3.8) is 0 Å². The number of halogens is 3. The number of aryl methyl sites for hydroxylation is 2. The molecule has 46 heavy (non-hydrogen) atoms. The number of hydrogen-bond acceptors (Lipinski definition) is 6. The van der Waals surface area contributed by atoms with Crippen LogP contribution < -0.4 is 10.6 Å². The average Bonchev–Trinajstić information content (AvgIpc) is 3.69. The molecule has 1 aliphatic rings. The summed E-state index contributed by atoms with van der Waals surface area (Å²) in [4.78, 5) is 33.6. The van der Waals surface area contributed by atoms with Gasteiger partial charge in [-0.25, -0.2) is 4.98 Å². The van der Waals surface area contributed by atoms with Crippen molar-refractivity contribution in [3.05, 3.63) is 122 Å². The molecule has 4 unspecified atom stereocenters. The molecule has 3 aromatic carbocycles. The highest BCUT2D eigenvalue weighted by molar-refractivity contribution is 7.09. The third-order valence-electron chi connectivity index (χ3n) is 8.17. The fourth-order valence-corrected chi connectivity index (χ4v) is 6.78. The summed E-state index contributed by atoms with van der Waals surface area (Å²) in [5.41, 5.74) is 2.73. The zero-order valence-electron chi connectivity index (χ0n) is 25.8. The summed E-state index contributed by atoms with van der Waals surface area (Å²) in [6.07, 6.45) is -3.91. The first-order chi connectivity index (χ1) is 21.9. The Hall–Kier alpha value is -4.06. The van der Waals surface area contributed by atoms with Crippen LogP contribution in [0.1, 0.15) is 85.5 Å². The first-order valence-electron chi connectivity index (χ1n) is 15.2. The number of amides is 2. The SMILES string of the molecule is Cc1cc(C(=O)NC(C)C(O)C(NCc2cccc(C(F)(F)F)c2)c2ccccc2)cc(C(=O)N2CCCC2c2nc(C)cs2)c1. The van der Waals surface area contributed by atoms with Crippen molar-refractivity contribution in [2.24, 2.45) is 0 Å². The first kappa shape index (κ1) is 33.3. The number of aromatic nitrogens is 1. The number of carbonyl (C=O) groups excluding carboxylic acids is 2. The van der Waals surface area contributed by atoms with E-state index in [9.17, 15) is 27.9 Å². The number of alkyl halides is 3. The molecule has 1 aromatic heterocycles. The molecule has 0 aliphatic carbocycles. The number of aliphatic hydroxyl groups excluding tert-OH is 1. The van der Waals surface area contributed by atoms with Crippen molar-refractivity contribution >= 4 is 23.2 Å². The van der Waals surface area contributed by atoms with E-state index >= 15 is 0 Å². The number of nitrogens with zero attached hydrogens (tertiary/aromatic N) is 2. The summed E-state index contributed by atoms with van der Waals surface area (Å²) in [6, 6.07) is 17.5. The Morgan fingerprint density at radius 3 is 2.48 bits per heavy atom. The van der Waals surface area contributed by atoms with Crippen molar-refractivity contribution in [1.29, 1.82) is 0 Å². The van der Waals surface area contributed by atoms with Gasteiger partial charge < -0.3 is 20.6 Å². The molecule has 0 bridgehead atoms. The smallest absolute Gasteiger partial charge is 0.389 e. The molecule has 0 spiro atoms. The Balaban J connectivity index is 1.30. The number of benzene rings is 3. The van der Waals surface area contributed by atoms with E-state index in [1.165, 1.54) is 6.07 Å². The number of carbonyl (C=O) groups is 2. The van der Waals surface area contributed by atoms with Gasteiger partial charge in [-0.1, -0.05) is 48.5 Å². The van der Waals surface area contributed by atoms with Gasteiger partial charge in [-0.15, -0.1) is 11.3 Å². The molecule has 5 rings (SSSR count). The molecular weight excluding hydrogens is 613 g/mol. The molecule has 7 nitrogen and oxygen atoms in total. The van der Waals surface area contributed by atoms with Crippen LogP contribution in [0.15, 0.2) is 78.2 Å². The monoisotopic (exact) mass is 650 g/mol. The Morgan fingerprint density at radius 2 is 1.78 bits per heavy atom. The minimum Gasteiger partial charge on any atom is -0.389 e. The topological polar surface area (TPSA) is 94.6 Å². The van der Waals surface area contributed by atoms with E-state index in [1.807, 2.05) is 30.2 Å². The Labute approximate surface area is 270 Å². The van der Waals surface area contributed by atoms with Crippen LogP contribution in [-0.4, -0.2) is 45.5 Å². The van der Waals surface area contributed by atoms with Crippen LogP contribution in [0.4, 0.5) is 13.2 Å². The van der Waals surface area contributed by atoms with Crippen LogP contribution in [-0.2, 0) is 12.7 Å². The fraction of sp³-hybridized carbons (Fsp3) is 0.343. The van der Waals surface area contributed by atoms with Gasteiger partial charge >= 0.3 is 6.18 Å². The molecule has 4 aromatic rings. The van der Waals surface area contributed by atoms with Crippen LogP contribution in [0.3, 0.4) is 0 Å². The summed E-state index contributed by atoms with van der Waals surface area (Å²) < 4.78 is 39.8. The minimum absolute atomic E-state index is 0.0581. The van der Waals surface area contributed by atoms with Gasteiger partial charge in [0.15, 0.2) is 0 Å². The third-order valence-corrected chi connectivity index (χ3v) is 9.24. The zero-order chi connectivity index (χ0) is 33.0. The largest absolute Gasteiger partial charge is 0.416 e. The minimum atomic E-state index is -4.47. The molecule has 4 atom stereocenters. The molecule has 2 amide bonds. The zero-order valence-corrected chi connectivity index (χ0v) is 26.7. The van der Waals surface area contributed by atoms with Gasteiger partial charge in [-0.3, -0.25) is 9.59 Å². The van der Waals surface area contributed by atoms with E-state index in [0.717, 1.165) is 41.2 Å². The van der Waals surface area contributed by atoms with Gasteiger partial charge in [0.25, 0.3) is 11.8 Å². The summed E-state index contributed by atoms with van der Waals surface area (Å²) in [5.74, 6) is -0.619. The Morgan fingerprint density at radius 1 is 1.04 bits per heavy atom. The van der Waals surface area contributed by atoms with Crippen molar-refractivity contribution in [2.45, 2.75) is 70.6 Å². The van der Waals surface area contributed by atoms with Crippen LogP contribution in [0.2, 0.25) is 0 Å². The normalized spacial score (nSPS) is 17.0. The molecule has 242 valence electrons. The van der Waals surface area contributed by atoms with Gasteiger partial charge in [0, 0.05) is 35.3 Å². The number of likely N-dealkylation sites (tertiary alicyclic amines) is 1. The molecular formula is C35H37F3N4O3S. The average molecular weight is 651 g/mol. The quantitative estimate of drug-likeness (QED) is 0.176. The van der Waals surface area contributed by atoms with E-state index < -0.39 is 35.8 Å². The van der Waals surface area contributed by atoms with E-state index in [1.54, 1.807) is 66.8 Å². The van der Waals surface area contributed by atoms with Crippen molar-refractivity contribution in [2.75, 3.05) is 6.54 Å². The highest BCUT2D eigenvalue weighted by Gasteiger charge is 2.34. The second-order valence-electron chi connectivity index (χ2n) is 11.8. The molecule has 0 saturated carbocycles. The molecule has 0 radical (unpaired) electrons. The van der Waals surface area contributed by atoms with Crippen molar-refractivity contribution in [1.82, 2.24) is 20.5 Å². The lowest BCUT2D eigenvalue weighted by atomic mass is 9.96. The van der Waals surface area contributed by atoms with Crippen molar-refractivity contribution in [3.8, 4) is 0 Å². The standard InChI is InChI=1S/C35H37F3N4O3S/c1-21-15-26(18-27(16-21)34(45)42-14-8-13-29(42)33-40-22(2)20-46-33)32(44)41-23(3)31(43)30(25-10-5-4-6-11-25)39-19-24-9-7-12-28(17-24)35(36,37)38/h4-7,9-12,15-18,20,23,29-31,39,43H,8,13-14,19H2,1-3H3,(H,41,44). The van der Waals surface area contributed by atoms with E-state index in [0.29, 0.717) is 23.2 Å². The summed E-state index contributed by atoms with van der Waals surface area (Å²) in [5, 5.41) is 20.4. The predicted octanol–water partition coefficient (Wildman–Crippen LogP) is 6.77. The van der Waals surface area contributed by atoms with Crippen LogP contribution in [0, 0.1) is 13.8 Å². The van der Waals surface area contributed by atoms with Crippen LogP contribution in [0.25, 0.3) is 0 Å². The Kier molecular flexibility index (Phi) is 10.2. The number of rotatable bonds is 10. The maximum absolute atomic E-state index is 13.7. The summed E-state index contributed by atoms with van der Waals surface area (Å²) >= 11 is 1.54. The lowest BCUT2D eigenvalue weighted by molar-refractivity contribution is -0.137. The van der Waals surface area contributed by atoms with Crippen LogP contribution >= 0.6 is 11.3 Å². The number of nitrogens with one attached hydrogen (secondary N) is 2. The van der Waals surface area contributed by atoms with Crippen LogP contribution in [0.5, 0.6) is 0 Å². The third kappa shape index (κ3) is 7.83. The number of hydrogen-bond donors (Lipinski definition) is 3.